The van der Waals surface area contributed by atoms with Crippen LogP contribution in [0.1, 0.15) is 57.5 Å². The first-order valence-electron chi connectivity index (χ1n) is 8.10. The molecule has 1 aromatic rings. The van der Waals surface area contributed by atoms with Gasteiger partial charge in [0.1, 0.15) is 0 Å². The zero-order chi connectivity index (χ0) is 15.4. The maximum atomic E-state index is 5.61. The highest BCUT2D eigenvalue weighted by Gasteiger charge is 2.26. The lowest BCUT2D eigenvalue weighted by Gasteiger charge is -2.34. The van der Waals surface area contributed by atoms with E-state index in [1.807, 2.05) is 11.3 Å². The molecule has 0 aromatic carbocycles. The molecule has 0 radical (unpaired) electrons. The van der Waals surface area contributed by atoms with Gasteiger partial charge in [0.25, 0.3) is 0 Å². The predicted molar refractivity (Wildman–Crippen MR) is 90.4 cm³/mol. The number of aromatic nitrogens is 1. The molecule has 0 aliphatic carbocycles. The van der Waals surface area contributed by atoms with Gasteiger partial charge in [-0.2, -0.15) is 0 Å². The fourth-order valence-corrected chi connectivity index (χ4v) is 3.86. The largest absolute Gasteiger partial charge is 0.377 e. The number of anilines is 1. The van der Waals surface area contributed by atoms with Gasteiger partial charge in [-0.05, 0) is 12.3 Å². The van der Waals surface area contributed by atoms with Gasteiger partial charge >= 0.3 is 0 Å². The molecule has 1 fully saturated rings. The van der Waals surface area contributed by atoms with Crippen molar-refractivity contribution in [2.45, 2.75) is 65.6 Å². The number of rotatable bonds is 6. The van der Waals surface area contributed by atoms with Gasteiger partial charge in [0.2, 0.25) is 0 Å². The second-order valence-corrected chi connectivity index (χ2v) is 7.39. The lowest BCUT2D eigenvalue weighted by Crippen LogP contribution is -2.45. The standard InChI is InChI=1S/C16H29N3OS/c1-6-13-10-20-8-7-19(13)16-18-15(11(2)3)14(21-16)9-17-12(4)5/h11-13,17H,6-10H2,1-5H3. The normalized spacial score (nSPS) is 19.8. The van der Waals surface area contributed by atoms with Crippen molar-refractivity contribution in [2.24, 2.45) is 0 Å². The second kappa shape index (κ2) is 7.56. The van der Waals surface area contributed by atoms with Crippen LogP contribution < -0.4 is 10.2 Å². The highest BCUT2D eigenvalue weighted by molar-refractivity contribution is 7.15. The van der Waals surface area contributed by atoms with E-state index in [4.69, 9.17) is 9.72 Å². The Morgan fingerprint density at radius 1 is 1.38 bits per heavy atom. The molecule has 1 aliphatic heterocycles. The molecule has 0 spiro atoms. The van der Waals surface area contributed by atoms with Crippen LogP contribution in [0.5, 0.6) is 0 Å². The Kier molecular flexibility index (Phi) is 6.02. The third kappa shape index (κ3) is 4.18. The minimum Gasteiger partial charge on any atom is -0.377 e. The summed E-state index contributed by atoms with van der Waals surface area (Å²) in [6.07, 6.45) is 1.11. The summed E-state index contributed by atoms with van der Waals surface area (Å²) in [6.45, 7) is 14.6. The molecule has 2 rings (SSSR count). The van der Waals surface area contributed by atoms with Crippen LogP contribution in [0.25, 0.3) is 0 Å². The molecule has 0 bridgehead atoms. The molecule has 0 saturated carbocycles. The van der Waals surface area contributed by atoms with Crippen LogP contribution >= 0.6 is 11.3 Å². The number of thiazole rings is 1. The van der Waals surface area contributed by atoms with Gasteiger partial charge in [0.15, 0.2) is 5.13 Å². The Bertz CT molecular complexity index is 445. The van der Waals surface area contributed by atoms with E-state index in [0.717, 1.165) is 32.7 Å². The van der Waals surface area contributed by atoms with Crippen molar-refractivity contribution in [1.29, 1.82) is 0 Å². The summed E-state index contributed by atoms with van der Waals surface area (Å²) in [6, 6.07) is 0.971. The van der Waals surface area contributed by atoms with Gasteiger partial charge in [-0.15, -0.1) is 11.3 Å². The third-order valence-corrected chi connectivity index (χ3v) is 4.99. The minimum absolute atomic E-state index is 0.468. The van der Waals surface area contributed by atoms with E-state index < -0.39 is 0 Å². The molecule has 1 saturated heterocycles. The van der Waals surface area contributed by atoms with E-state index in [1.54, 1.807) is 0 Å². The summed E-state index contributed by atoms with van der Waals surface area (Å²) in [7, 11) is 0. The summed E-state index contributed by atoms with van der Waals surface area (Å²) in [5, 5.41) is 4.70. The molecule has 1 aromatic heterocycles. The van der Waals surface area contributed by atoms with Gasteiger partial charge < -0.3 is 15.0 Å². The van der Waals surface area contributed by atoms with Crippen LogP contribution in [-0.4, -0.2) is 36.8 Å². The zero-order valence-corrected chi connectivity index (χ0v) is 14.8. The summed E-state index contributed by atoms with van der Waals surface area (Å²) >= 11 is 1.85. The molecule has 1 atom stereocenters. The van der Waals surface area contributed by atoms with Crippen LogP contribution in [-0.2, 0) is 11.3 Å². The summed E-state index contributed by atoms with van der Waals surface area (Å²) in [4.78, 5) is 8.79. The highest BCUT2D eigenvalue weighted by atomic mass is 32.1. The first kappa shape index (κ1) is 16.7. The van der Waals surface area contributed by atoms with Crippen LogP contribution in [0.2, 0.25) is 0 Å². The molecular weight excluding hydrogens is 282 g/mol. The smallest absolute Gasteiger partial charge is 0.186 e. The van der Waals surface area contributed by atoms with Crippen molar-refractivity contribution >= 4 is 16.5 Å². The zero-order valence-electron chi connectivity index (χ0n) is 14.0. The molecule has 1 unspecified atom stereocenters. The molecule has 1 aliphatic rings. The Morgan fingerprint density at radius 3 is 2.76 bits per heavy atom. The van der Waals surface area contributed by atoms with Crippen LogP contribution in [0.15, 0.2) is 0 Å². The maximum Gasteiger partial charge on any atom is 0.186 e. The van der Waals surface area contributed by atoms with Gasteiger partial charge in [-0.25, -0.2) is 4.98 Å². The Balaban J connectivity index is 2.21. The van der Waals surface area contributed by atoms with Crippen LogP contribution in [0, 0.1) is 0 Å². The second-order valence-electron chi connectivity index (χ2n) is 6.33. The van der Waals surface area contributed by atoms with E-state index in [1.165, 1.54) is 15.7 Å². The Morgan fingerprint density at radius 2 is 2.14 bits per heavy atom. The first-order valence-corrected chi connectivity index (χ1v) is 8.91. The Hall–Kier alpha value is -0.650. The number of hydrogen-bond donors (Lipinski definition) is 1. The van der Waals surface area contributed by atoms with Crippen LogP contribution in [0.3, 0.4) is 0 Å². The van der Waals surface area contributed by atoms with E-state index in [-0.39, 0.29) is 0 Å². The molecule has 21 heavy (non-hydrogen) atoms. The van der Waals surface area contributed by atoms with Crippen molar-refractivity contribution < 1.29 is 4.74 Å². The van der Waals surface area contributed by atoms with Gasteiger partial charge in [0, 0.05) is 24.0 Å². The maximum absolute atomic E-state index is 5.61. The fourth-order valence-electron chi connectivity index (χ4n) is 2.59. The molecule has 4 nitrogen and oxygen atoms in total. The average molecular weight is 311 g/mol. The number of nitrogens with one attached hydrogen (secondary N) is 1. The lowest BCUT2D eigenvalue weighted by atomic mass is 10.1. The number of morpholine rings is 1. The fraction of sp³-hybridized carbons (Fsp3) is 0.812. The predicted octanol–water partition coefficient (Wildman–Crippen LogP) is 3.38. The summed E-state index contributed by atoms with van der Waals surface area (Å²) in [5.41, 5.74) is 1.25. The van der Waals surface area contributed by atoms with Gasteiger partial charge in [0.05, 0.1) is 24.9 Å². The summed E-state index contributed by atoms with van der Waals surface area (Å²) < 4.78 is 5.61. The first-order chi connectivity index (χ1) is 10.0. The topological polar surface area (TPSA) is 37.4 Å². The van der Waals surface area contributed by atoms with Crippen molar-refractivity contribution in [3.63, 3.8) is 0 Å². The SMILES string of the molecule is CCC1COCCN1c1nc(C(C)C)c(CNC(C)C)s1. The number of ether oxygens (including phenoxy) is 1. The van der Waals surface area contributed by atoms with E-state index in [9.17, 15) is 0 Å². The average Bonchev–Trinajstić information content (AvgIpc) is 2.89. The van der Waals surface area contributed by atoms with Crippen LogP contribution in [0.4, 0.5) is 5.13 Å². The third-order valence-electron chi connectivity index (χ3n) is 3.88. The highest BCUT2D eigenvalue weighted by Crippen LogP contribution is 2.33. The molecule has 2 heterocycles. The van der Waals surface area contributed by atoms with E-state index in [0.29, 0.717) is 18.0 Å². The quantitative estimate of drug-likeness (QED) is 0.874. The van der Waals surface area contributed by atoms with E-state index >= 15 is 0 Å². The minimum atomic E-state index is 0.468. The van der Waals surface area contributed by atoms with Crippen molar-refractivity contribution in [1.82, 2.24) is 10.3 Å². The van der Waals surface area contributed by atoms with E-state index in [2.05, 4.69) is 44.8 Å². The van der Waals surface area contributed by atoms with Crippen molar-refractivity contribution in [2.75, 3.05) is 24.7 Å². The van der Waals surface area contributed by atoms with Gasteiger partial charge in [-0.1, -0.05) is 34.6 Å². The molecule has 5 heteroatoms. The number of hydrogen-bond acceptors (Lipinski definition) is 5. The Labute approximate surface area is 132 Å². The molecule has 0 amide bonds. The van der Waals surface area contributed by atoms with Crippen molar-refractivity contribution in [3.05, 3.63) is 10.6 Å². The molecule has 120 valence electrons. The molecule has 1 N–H and O–H groups in total. The van der Waals surface area contributed by atoms with Crippen molar-refractivity contribution in [3.8, 4) is 0 Å². The number of nitrogens with zero attached hydrogens (tertiary/aromatic N) is 2. The lowest BCUT2D eigenvalue weighted by molar-refractivity contribution is 0.0929. The van der Waals surface area contributed by atoms with Gasteiger partial charge in [-0.3, -0.25) is 0 Å². The monoisotopic (exact) mass is 311 g/mol. The summed E-state index contributed by atoms with van der Waals surface area (Å²) in [5.74, 6) is 0.472. The molecular formula is C16H29N3OS.